The highest BCUT2D eigenvalue weighted by Crippen LogP contribution is 2.03. The van der Waals surface area contributed by atoms with Crippen molar-refractivity contribution in [3.05, 3.63) is 0 Å². The first-order valence-electron chi connectivity index (χ1n) is 3.42. The molecule has 0 atom stereocenters. The van der Waals surface area contributed by atoms with Crippen LogP contribution in [0.3, 0.4) is 0 Å². The Labute approximate surface area is 60.0 Å². The van der Waals surface area contributed by atoms with Gasteiger partial charge in [-0.2, -0.15) is 0 Å². The third kappa shape index (κ3) is 1.92. The molecule has 55 valence electrons. The van der Waals surface area contributed by atoms with E-state index < -0.39 is 0 Å². The van der Waals surface area contributed by atoms with Gasteiger partial charge in [0.2, 0.25) is 6.29 Å². The van der Waals surface area contributed by atoms with Gasteiger partial charge in [-0.3, -0.25) is 14.5 Å². The van der Waals surface area contributed by atoms with Gasteiger partial charge in [-0.1, -0.05) is 0 Å². The predicted molar refractivity (Wildman–Crippen MR) is 36.4 cm³/mol. The molecule has 10 heavy (non-hydrogen) atoms. The van der Waals surface area contributed by atoms with Gasteiger partial charge >= 0.3 is 0 Å². The molecule has 1 heterocycles. The molecule has 3 heteroatoms. The van der Waals surface area contributed by atoms with E-state index in [0.29, 0.717) is 25.2 Å². The van der Waals surface area contributed by atoms with Gasteiger partial charge in [0.1, 0.15) is 5.78 Å². The average molecular weight is 140 g/mol. The molecule has 1 saturated heterocycles. The van der Waals surface area contributed by atoms with Gasteiger partial charge in [-0.05, 0) is 0 Å². The summed E-state index contributed by atoms with van der Waals surface area (Å²) in [4.78, 5) is 22.5. The normalized spacial score (nSPS) is 21.0. The van der Waals surface area contributed by atoms with Crippen molar-refractivity contribution in [1.29, 1.82) is 0 Å². The second-order valence-electron chi connectivity index (χ2n) is 2.46. The van der Waals surface area contributed by atoms with Gasteiger partial charge in [0.25, 0.3) is 0 Å². The summed E-state index contributed by atoms with van der Waals surface area (Å²) in [7, 11) is 0. The van der Waals surface area contributed by atoms with Crippen molar-refractivity contribution < 1.29 is 9.59 Å². The first kappa shape index (κ1) is 7.41. The molecule has 0 spiro atoms. The molecule has 0 saturated carbocycles. The fourth-order valence-corrected chi connectivity index (χ4v) is 1.05. The average Bonchev–Trinajstić information content (AvgIpc) is 1.95. The maximum Gasteiger partial charge on any atom is 0.213 e. The molecule has 3 nitrogen and oxygen atoms in total. The minimum Gasteiger partial charge on any atom is -0.300 e. The van der Waals surface area contributed by atoms with E-state index >= 15 is 0 Å². The topological polar surface area (TPSA) is 37.4 Å². The molecule has 1 aliphatic rings. The van der Waals surface area contributed by atoms with E-state index in [-0.39, 0.29) is 0 Å². The number of hydrogen-bond acceptors (Lipinski definition) is 3. The molecule has 0 aromatic rings. The first-order chi connectivity index (χ1) is 4.83. The van der Waals surface area contributed by atoms with Crippen molar-refractivity contribution in [2.24, 2.45) is 0 Å². The number of likely N-dealkylation sites (tertiary alicyclic amines) is 1. The molecule has 0 amide bonds. The molecule has 0 unspecified atom stereocenters. The summed E-state index contributed by atoms with van der Waals surface area (Å²) >= 11 is 0. The van der Waals surface area contributed by atoms with E-state index in [0.717, 1.165) is 13.1 Å². The standard InChI is InChI=1S/C7H10NO2/c9-6-5-8-3-1-7(10)2-4-8/h1-5H2. The molecule has 0 bridgehead atoms. The zero-order valence-electron chi connectivity index (χ0n) is 5.80. The van der Waals surface area contributed by atoms with E-state index in [1.54, 1.807) is 0 Å². The van der Waals surface area contributed by atoms with Crippen molar-refractivity contribution >= 4 is 12.1 Å². The van der Waals surface area contributed by atoms with Crippen LogP contribution in [-0.4, -0.2) is 36.6 Å². The van der Waals surface area contributed by atoms with Crippen LogP contribution in [0.2, 0.25) is 0 Å². The molecule has 1 rings (SSSR count). The quantitative estimate of drug-likeness (QED) is 0.531. The number of nitrogens with zero attached hydrogens (tertiary/aromatic N) is 1. The van der Waals surface area contributed by atoms with Gasteiger partial charge in [0.15, 0.2) is 0 Å². The number of hydrogen-bond donors (Lipinski definition) is 0. The van der Waals surface area contributed by atoms with E-state index in [1.165, 1.54) is 0 Å². The van der Waals surface area contributed by atoms with Gasteiger partial charge in [0.05, 0.1) is 6.54 Å². The summed E-state index contributed by atoms with van der Waals surface area (Å²) in [6.45, 7) is 1.81. The zero-order valence-corrected chi connectivity index (χ0v) is 5.80. The fraction of sp³-hybridized carbons (Fsp3) is 0.714. The van der Waals surface area contributed by atoms with Crippen LogP contribution in [0.5, 0.6) is 0 Å². The van der Waals surface area contributed by atoms with E-state index in [1.807, 2.05) is 11.2 Å². The van der Waals surface area contributed by atoms with Gasteiger partial charge in [0, 0.05) is 25.9 Å². The molecule has 1 aliphatic heterocycles. The maximum atomic E-state index is 10.7. The lowest BCUT2D eigenvalue weighted by Crippen LogP contribution is -2.34. The number of Topliss-reactive ketones (excluding diaryl/α,β-unsaturated/α-hetero) is 1. The highest BCUT2D eigenvalue weighted by molar-refractivity contribution is 5.79. The van der Waals surface area contributed by atoms with Crippen LogP contribution in [-0.2, 0) is 9.59 Å². The summed E-state index contributed by atoms with van der Waals surface area (Å²) < 4.78 is 0. The molecular formula is C7H10NO2. The molecule has 0 aromatic heterocycles. The Bertz CT molecular complexity index is 135. The Kier molecular flexibility index (Phi) is 2.57. The smallest absolute Gasteiger partial charge is 0.213 e. The summed E-state index contributed by atoms with van der Waals surface area (Å²) in [5, 5.41) is 0. The Hall–Kier alpha value is -0.700. The molecule has 0 aliphatic carbocycles. The number of piperidine rings is 1. The highest BCUT2D eigenvalue weighted by atomic mass is 16.1. The third-order valence-corrected chi connectivity index (χ3v) is 1.70. The summed E-state index contributed by atoms with van der Waals surface area (Å²) in [6.07, 6.45) is 3.01. The van der Waals surface area contributed by atoms with Crippen molar-refractivity contribution in [1.82, 2.24) is 4.90 Å². The third-order valence-electron chi connectivity index (χ3n) is 1.70. The lowest BCUT2D eigenvalue weighted by molar-refractivity contribution is -0.121. The van der Waals surface area contributed by atoms with Crippen molar-refractivity contribution in [3.63, 3.8) is 0 Å². The molecule has 1 radical (unpaired) electrons. The summed E-state index contributed by atoms with van der Waals surface area (Å²) in [5.41, 5.74) is 0. The lowest BCUT2D eigenvalue weighted by atomic mass is 10.1. The summed E-state index contributed by atoms with van der Waals surface area (Å²) in [5.74, 6) is 0.308. The van der Waals surface area contributed by atoms with Crippen LogP contribution in [0.15, 0.2) is 0 Å². The van der Waals surface area contributed by atoms with Crippen LogP contribution < -0.4 is 0 Å². The minimum atomic E-state index is 0.308. The van der Waals surface area contributed by atoms with Gasteiger partial charge in [-0.25, -0.2) is 0 Å². The SMILES string of the molecule is O=[C]CN1CCC(=O)CC1. The second-order valence-corrected chi connectivity index (χ2v) is 2.46. The van der Waals surface area contributed by atoms with Crippen LogP contribution in [0.4, 0.5) is 0 Å². The molecule has 1 fully saturated rings. The number of carbonyl (C=O) groups excluding carboxylic acids is 2. The van der Waals surface area contributed by atoms with Crippen molar-refractivity contribution in [2.75, 3.05) is 19.6 Å². The van der Waals surface area contributed by atoms with Crippen LogP contribution >= 0.6 is 0 Å². The Balaban J connectivity index is 2.25. The number of rotatable bonds is 2. The fourth-order valence-electron chi connectivity index (χ4n) is 1.05. The van der Waals surface area contributed by atoms with E-state index in [4.69, 9.17) is 0 Å². The van der Waals surface area contributed by atoms with Gasteiger partial charge in [-0.15, -0.1) is 0 Å². The Morgan fingerprint density at radius 2 is 2.00 bits per heavy atom. The van der Waals surface area contributed by atoms with Gasteiger partial charge < -0.3 is 0 Å². The van der Waals surface area contributed by atoms with Crippen LogP contribution in [0.25, 0.3) is 0 Å². The molecular weight excluding hydrogens is 130 g/mol. The van der Waals surface area contributed by atoms with Crippen molar-refractivity contribution in [2.45, 2.75) is 12.8 Å². The van der Waals surface area contributed by atoms with Crippen LogP contribution in [0, 0.1) is 0 Å². The zero-order chi connectivity index (χ0) is 7.40. The number of ketones is 1. The second kappa shape index (κ2) is 3.46. The van der Waals surface area contributed by atoms with E-state index in [9.17, 15) is 9.59 Å². The first-order valence-corrected chi connectivity index (χ1v) is 3.42. The lowest BCUT2D eigenvalue weighted by Gasteiger charge is -2.22. The monoisotopic (exact) mass is 140 g/mol. The predicted octanol–water partition coefficient (Wildman–Crippen LogP) is -0.239. The van der Waals surface area contributed by atoms with Crippen molar-refractivity contribution in [3.8, 4) is 0 Å². The molecule has 0 aromatic carbocycles. The summed E-state index contributed by atoms with van der Waals surface area (Å²) in [6, 6.07) is 0. The minimum absolute atomic E-state index is 0.308. The van der Waals surface area contributed by atoms with Crippen LogP contribution in [0.1, 0.15) is 12.8 Å². The Morgan fingerprint density at radius 3 is 2.50 bits per heavy atom. The maximum absolute atomic E-state index is 10.7. The van der Waals surface area contributed by atoms with E-state index in [2.05, 4.69) is 0 Å². The highest BCUT2D eigenvalue weighted by Gasteiger charge is 2.14. The molecule has 0 N–H and O–H groups in total. The Morgan fingerprint density at radius 1 is 1.40 bits per heavy atom. The largest absolute Gasteiger partial charge is 0.300 e. The number of carbonyl (C=O) groups is 1.